The molecule has 1 aliphatic carbocycles. The minimum atomic E-state index is 0.254. The fourth-order valence-electron chi connectivity index (χ4n) is 3.28. The van der Waals surface area contributed by atoms with Crippen LogP contribution >= 0.6 is 15.9 Å². The zero-order valence-electron chi connectivity index (χ0n) is 12.1. The van der Waals surface area contributed by atoms with Crippen LogP contribution in [0.15, 0.2) is 22.7 Å². The first-order chi connectivity index (χ1) is 9.04. The highest BCUT2D eigenvalue weighted by Gasteiger charge is 2.31. The van der Waals surface area contributed by atoms with Crippen LogP contribution in [0.2, 0.25) is 0 Å². The lowest BCUT2D eigenvalue weighted by molar-refractivity contribution is 0.171. The van der Waals surface area contributed by atoms with Crippen LogP contribution in [0.5, 0.6) is 0 Å². The molecule has 0 saturated heterocycles. The van der Waals surface area contributed by atoms with Crippen LogP contribution in [0.25, 0.3) is 0 Å². The van der Waals surface area contributed by atoms with Gasteiger partial charge in [-0.1, -0.05) is 54.4 Å². The van der Waals surface area contributed by atoms with Crippen LogP contribution in [0.1, 0.15) is 50.3 Å². The Morgan fingerprint density at radius 2 is 2.00 bits per heavy atom. The van der Waals surface area contributed by atoms with Gasteiger partial charge in [-0.15, -0.1) is 0 Å². The lowest BCUT2D eigenvalue weighted by Gasteiger charge is -2.37. The SMILES string of the molecule is Cc1cccc(C(NN)C2CCC(C)C(C)C2)c1Br. The maximum atomic E-state index is 5.86. The van der Waals surface area contributed by atoms with Crippen LogP contribution in [0, 0.1) is 24.7 Å². The molecule has 3 N–H and O–H groups in total. The molecule has 19 heavy (non-hydrogen) atoms. The first-order valence-electron chi connectivity index (χ1n) is 7.25. The second kappa shape index (κ2) is 6.38. The van der Waals surface area contributed by atoms with Crippen molar-refractivity contribution in [3.05, 3.63) is 33.8 Å². The molecule has 0 radical (unpaired) electrons. The normalized spacial score (nSPS) is 29.2. The Bertz CT molecular complexity index is 433. The molecule has 1 aliphatic rings. The lowest BCUT2D eigenvalue weighted by atomic mass is 9.72. The monoisotopic (exact) mass is 324 g/mol. The summed E-state index contributed by atoms with van der Waals surface area (Å²) in [7, 11) is 0. The smallest absolute Gasteiger partial charge is 0.0499 e. The first kappa shape index (κ1) is 15.0. The molecule has 4 atom stereocenters. The summed E-state index contributed by atoms with van der Waals surface area (Å²) >= 11 is 3.72. The number of nitrogens with two attached hydrogens (primary N) is 1. The number of nitrogens with one attached hydrogen (secondary N) is 1. The highest BCUT2D eigenvalue weighted by molar-refractivity contribution is 9.10. The fourth-order valence-corrected chi connectivity index (χ4v) is 3.79. The molecule has 1 fully saturated rings. The summed E-state index contributed by atoms with van der Waals surface area (Å²) in [5.41, 5.74) is 5.63. The van der Waals surface area contributed by atoms with E-state index in [-0.39, 0.29) is 6.04 Å². The molecule has 0 aromatic heterocycles. The summed E-state index contributed by atoms with van der Waals surface area (Å²) in [6, 6.07) is 6.69. The number of halogens is 1. The van der Waals surface area contributed by atoms with Gasteiger partial charge in [0.2, 0.25) is 0 Å². The van der Waals surface area contributed by atoms with Gasteiger partial charge in [-0.2, -0.15) is 0 Å². The third kappa shape index (κ3) is 3.21. The van der Waals surface area contributed by atoms with Gasteiger partial charge in [0.15, 0.2) is 0 Å². The van der Waals surface area contributed by atoms with E-state index in [0.717, 1.165) is 11.8 Å². The van der Waals surface area contributed by atoms with Gasteiger partial charge in [0.1, 0.15) is 0 Å². The third-order valence-electron chi connectivity index (χ3n) is 4.85. The van der Waals surface area contributed by atoms with Crippen molar-refractivity contribution in [1.82, 2.24) is 5.43 Å². The molecule has 1 aromatic rings. The summed E-state index contributed by atoms with van der Waals surface area (Å²) in [5.74, 6) is 8.13. The van der Waals surface area contributed by atoms with E-state index in [4.69, 9.17) is 5.84 Å². The molecule has 106 valence electrons. The van der Waals surface area contributed by atoms with E-state index in [0.29, 0.717) is 5.92 Å². The van der Waals surface area contributed by atoms with Gasteiger partial charge in [-0.05, 0) is 48.6 Å². The molecule has 0 spiro atoms. The van der Waals surface area contributed by atoms with E-state index in [1.165, 1.54) is 34.9 Å². The van der Waals surface area contributed by atoms with E-state index in [2.05, 4.69) is 60.3 Å². The molecule has 0 bridgehead atoms. The van der Waals surface area contributed by atoms with Gasteiger partial charge in [-0.25, -0.2) is 0 Å². The Labute approximate surface area is 125 Å². The van der Waals surface area contributed by atoms with E-state index >= 15 is 0 Å². The van der Waals surface area contributed by atoms with Crippen molar-refractivity contribution in [2.24, 2.45) is 23.6 Å². The molecule has 4 unspecified atom stereocenters. The number of aryl methyl sites for hydroxylation is 1. The first-order valence-corrected chi connectivity index (χ1v) is 8.05. The number of hydrazine groups is 1. The lowest BCUT2D eigenvalue weighted by Crippen LogP contribution is -2.37. The maximum Gasteiger partial charge on any atom is 0.0499 e. The maximum absolute atomic E-state index is 5.86. The van der Waals surface area contributed by atoms with Crippen LogP contribution in [-0.4, -0.2) is 0 Å². The van der Waals surface area contributed by atoms with Crippen LogP contribution in [-0.2, 0) is 0 Å². The molecule has 1 saturated carbocycles. The summed E-state index contributed by atoms with van der Waals surface area (Å²) < 4.78 is 1.20. The van der Waals surface area contributed by atoms with Gasteiger partial charge < -0.3 is 0 Å². The van der Waals surface area contributed by atoms with Gasteiger partial charge in [0, 0.05) is 10.5 Å². The molecule has 3 heteroatoms. The zero-order chi connectivity index (χ0) is 14.0. The van der Waals surface area contributed by atoms with Crippen molar-refractivity contribution < 1.29 is 0 Å². The highest BCUT2D eigenvalue weighted by atomic mass is 79.9. The quantitative estimate of drug-likeness (QED) is 0.641. The Morgan fingerprint density at radius 1 is 1.26 bits per heavy atom. The number of hydrogen-bond donors (Lipinski definition) is 2. The van der Waals surface area contributed by atoms with Gasteiger partial charge in [0.05, 0.1) is 0 Å². The Hall–Kier alpha value is -0.380. The minimum absolute atomic E-state index is 0.254. The van der Waals surface area contributed by atoms with Crippen molar-refractivity contribution >= 4 is 15.9 Å². The van der Waals surface area contributed by atoms with Crippen molar-refractivity contribution in [3.8, 4) is 0 Å². The number of benzene rings is 1. The second-order valence-electron chi connectivity index (χ2n) is 6.15. The molecule has 1 aromatic carbocycles. The summed E-state index contributed by atoms with van der Waals surface area (Å²) in [5, 5.41) is 0. The zero-order valence-corrected chi connectivity index (χ0v) is 13.7. The highest BCUT2D eigenvalue weighted by Crippen LogP contribution is 2.41. The molecule has 0 amide bonds. The summed E-state index contributed by atoms with van der Waals surface area (Å²) in [6.45, 7) is 6.87. The predicted octanol–water partition coefficient (Wildman–Crippen LogP) is 4.33. The molecular weight excluding hydrogens is 300 g/mol. The summed E-state index contributed by atoms with van der Waals surface area (Å²) in [6.07, 6.45) is 3.84. The predicted molar refractivity (Wildman–Crippen MR) is 84.6 cm³/mol. The van der Waals surface area contributed by atoms with Crippen LogP contribution < -0.4 is 11.3 Å². The number of rotatable bonds is 3. The minimum Gasteiger partial charge on any atom is -0.271 e. The van der Waals surface area contributed by atoms with Crippen molar-refractivity contribution in [1.29, 1.82) is 0 Å². The van der Waals surface area contributed by atoms with E-state index < -0.39 is 0 Å². The molecule has 2 rings (SSSR count). The van der Waals surface area contributed by atoms with Crippen molar-refractivity contribution in [2.45, 2.75) is 46.1 Å². The van der Waals surface area contributed by atoms with Gasteiger partial charge in [-0.3, -0.25) is 11.3 Å². The average molecular weight is 325 g/mol. The van der Waals surface area contributed by atoms with Crippen LogP contribution in [0.3, 0.4) is 0 Å². The molecule has 2 nitrogen and oxygen atoms in total. The third-order valence-corrected chi connectivity index (χ3v) is 5.93. The van der Waals surface area contributed by atoms with Crippen molar-refractivity contribution in [2.75, 3.05) is 0 Å². The molecular formula is C16H25BrN2. The Balaban J connectivity index is 2.22. The largest absolute Gasteiger partial charge is 0.271 e. The molecule has 0 heterocycles. The van der Waals surface area contributed by atoms with Crippen LogP contribution in [0.4, 0.5) is 0 Å². The topological polar surface area (TPSA) is 38.0 Å². The Morgan fingerprint density at radius 3 is 2.63 bits per heavy atom. The fraction of sp³-hybridized carbons (Fsp3) is 0.625. The number of hydrogen-bond acceptors (Lipinski definition) is 2. The van der Waals surface area contributed by atoms with E-state index in [1.54, 1.807) is 0 Å². The van der Waals surface area contributed by atoms with E-state index in [9.17, 15) is 0 Å². The second-order valence-corrected chi connectivity index (χ2v) is 6.94. The van der Waals surface area contributed by atoms with E-state index in [1.807, 2.05) is 0 Å². The van der Waals surface area contributed by atoms with Crippen molar-refractivity contribution in [3.63, 3.8) is 0 Å². The standard InChI is InChI=1S/C16H25BrN2/c1-10-7-8-13(9-12(10)3)16(19-18)14-6-4-5-11(2)15(14)17/h4-6,10,12-13,16,19H,7-9,18H2,1-3H3. The molecule has 0 aliphatic heterocycles. The average Bonchev–Trinajstić information content (AvgIpc) is 2.39. The van der Waals surface area contributed by atoms with Gasteiger partial charge >= 0.3 is 0 Å². The van der Waals surface area contributed by atoms with Gasteiger partial charge in [0.25, 0.3) is 0 Å². The Kier molecular flexibility index (Phi) is 5.04. The summed E-state index contributed by atoms with van der Waals surface area (Å²) in [4.78, 5) is 0.